The van der Waals surface area contributed by atoms with Crippen molar-refractivity contribution in [2.24, 2.45) is 0 Å². The topological polar surface area (TPSA) is 49.9 Å². The van der Waals surface area contributed by atoms with Gasteiger partial charge in [-0.05, 0) is 32.9 Å². The van der Waals surface area contributed by atoms with Gasteiger partial charge in [0.1, 0.15) is 0 Å². The zero-order valence-electron chi connectivity index (χ0n) is 10.9. The Bertz CT molecular complexity index is 277. The summed E-state index contributed by atoms with van der Waals surface area (Å²) in [5.41, 5.74) is 0. The lowest BCUT2D eigenvalue weighted by molar-refractivity contribution is -0.140. The molecule has 0 saturated heterocycles. The first-order chi connectivity index (χ1) is 8.04. The molecule has 0 spiro atoms. The number of likely N-dealkylation sites (N-methyl/N-ethyl adjacent to an activating group) is 2. The highest BCUT2D eigenvalue weighted by molar-refractivity contribution is 5.78. The van der Waals surface area contributed by atoms with Gasteiger partial charge in [-0.3, -0.25) is 14.5 Å². The van der Waals surface area contributed by atoms with E-state index in [0.29, 0.717) is 19.0 Å². The van der Waals surface area contributed by atoms with Crippen molar-refractivity contribution in [3.8, 4) is 0 Å². The number of amides is 1. The molecule has 1 rings (SSSR count). The molecule has 0 unspecified atom stereocenters. The van der Waals surface area contributed by atoms with E-state index < -0.39 is 0 Å². The number of carbonyl (C=O) groups is 2. The van der Waals surface area contributed by atoms with E-state index in [2.05, 4.69) is 4.74 Å². The Morgan fingerprint density at radius 1 is 1.29 bits per heavy atom. The molecule has 5 heteroatoms. The van der Waals surface area contributed by atoms with Gasteiger partial charge in [0.25, 0.3) is 0 Å². The molecule has 0 radical (unpaired) electrons. The SMILES string of the molecule is COC(=O)CCCN(C)CC(=O)N(C)C1CC1. The first-order valence-electron chi connectivity index (χ1n) is 6.05. The first kappa shape index (κ1) is 14.0. The van der Waals surface area contributed by atoms with Crippen molar-refractivity contribution in [1.29, 1.82) is 0 Å². The third-order valence-corrected chi connectivity index (χ3v) is 3.04. The second-order valence-electron chi connectivity index (χ2n) is 4.65. The van der Waals surface area contributed by atoms with Gasteiger partial charge < -0.3 is 9.64 Å². The average molecular weight is 242 g/mol. The molecule has 0 aromatic carbocycles. The van der Waals surface area contributed by atoms with Gasteiger partial charge in [-0.25, -0.2) is 0 Å². The molecule has 0 bridgehead atoms. The summed E-state index contributed by atoms with van der Waals surface area (Å²) in [7, 11) is 5.15. The summed E-state index contributed by atoms with van der Waals surface area (Å²) in [5, 5.41) is 0. The third kappa shape index (κ3) is 5.17. The zero-order valence-corrected chi connectivity index (χ0v) is 10.9. The third-order valence-electron chi connectivity index (χ3n) is 3.04. The number of methoxy groups -OCH3 is 1. The molecule has 0 atom stereocenters. The van der Waals surface area contributed by atoms with E-state index >= 15 is 0 Å². The first-order valence-corrected chi connectivity index (χ1v) is 6.05. The van der Waals surface area contributed by atoms with Crippen LogP contribution in [0.2, 0.25) is 0 Å². The number of rotatable bonds is 7. The monoisotopic (exact) mass is 242 g/mol. The van der Waals surface area contributed by atoms with Crippen LogP contribution in [0.25, 0.3) is 0 Å². The highest BCUT2D eigenvalue weighted by Gasteiger charge is 2.29. The van der Waals surface area contributed by atoms with E-state index in [1.807, 2.05) is 23.9 Å². The Hall–Kier alpha value is -1.10. The van der Waals surface area contributed by atoms with Gasteiger partial charge in [-0.15, -0.1) is 0 Å². The van der Waals surface area contributed by atoms with Gasteiger partial charge in [0.05, 0.1) is 13.7 Å². The number of ether oxygens (including phenoxy) is 1. The largest absolute Gasteiger partial charge is 0.469 e. The number of nitrogens with zero attached hydrogens (tertiary/aromatic N) is 2. The Labute approximate surface area is 103 Å². The molecule has 0 aliphatic heterocycles. The van der Waals surface area contributed by atoms with Gasteiger partial charge >= 0.3 is 5.97 Å². The summed E-state index contributed by atoms with van der Waals surface area (Å²) in [6.45, 7) is 1.16. The fourth-order valence-electron chi connectivity index (χ4n) is 1.68. The molecule has 17 heavy (non-hydrogen) atoms. The molecule has 0 heterocycles. The summed E-state index contributed by atoms with van der Waals surface area (Å²) in [6, 6.07) is 0.464. The minimum absolute atomic E-state index is 0.160. The standard InChI is InChI=1S/C12H22N2O3/c1-13(8-4-5-12(16)17-3)9-11(15)14(2)10-6-7-10/h10H,4-9H2,1-3H3. The maximum Gasteiger partial charge on any atom is 0.305 e. The van der Waals surface area contributed by atoms with Crippen LogP contribution in [0.15, 0.2) is 0 Å². The van der Waals surface area contributed by atoms with Crippen molar-refractivity contribution in [3.05, 3.63) is 0 Å². The quantitative estimate of drug-likeness (QED) is 0.610. The maximum absolute atomic E-state index is 11.8. The number of hydrogen-bond acceptors (Lipinski definition) is 4. The fraction of sp³-hybridized carbons (Fsp3) is 0.833. The molecule has 0 N–H and O–H groups in total. The van der Waals surface area contributed by atoms with Crippen LogP contribution in [0.4, 0.5) is 0 Å². The zero-order chi connectivity index (χ0) is 12.8. The lowest BCUT2D eigenvalue weighted by Crippen LogP contribution is -2.38. The molecule has 1 amide bonds. The van der Waals surface area contributed by atoms with Crippen molar-refractivity contribution in [1.82, 2.24) is 9.80 Å². The van der Waals surface area contributed by atoms with Gasteiger partial charge in [-0.1, -0.05) is 0 Å². The lowest BCUT2D eigenvalue weighted by Gasteiger charge is -2.21. The van der Waals surface area contributed by atoms with Crippen molar-refractivity contribution in [2.45, 2.75) is 31.7 Å². The van der Waals surface area contributed by atoms with Crippen LogP contribution in [0, 0.1) is 0 Å². The Kier molecular flexibility index (Phi) is 5.41. The van der Waals surface area contributed by atoms with E-state index in [9.17, 15) is 9.59 Å². The summed E-state index contributed by atoms with van der Waals surface area (Å²) >= 11 is 0. The van der Waals surface area contributed by atoms with Crippen LogP contribution >= 0.6 is 0 Å². The molecule has 0 aromatic heterocycles. The van der Waals surface area contributed by atoms with E-state index in [0.717, 1.165) is 25.8 Å². The van der Waals surface area contributed by atoms with Crippen molar-refractivity contribution in [2.75, 3.05) is 34.3 Å². The second kappa shape index (κ2) is 6.59. The minimum atomic E-state index is -0.195. The number of carbonyl (C=O) groups excluding carboxylic acids is 2. The number of hydrogen-bond donors (Lipinski definition) is 0. The van der Waals surface area contributed by atoms with Crippen LogP contribution in [0.3, 0.4) is 0 Å². The predicted octanol–water partition coefficient (Wildman–Crippen LogP) is 0.492. The van der Waals surface area contributed by atoms with Gasteiger partial charge in [0.15, 0.2) is 0 Å². The van der Waals surface area contributed by atoms with Crippen LogP contribution in [0.1, 0.15) is 25.7 Å². The summed E-state index contributed by atoms with van der Waals surface area (Å²) in [4.78, 5) is 26.5. The van der Waals surface area contributed by atoms with E-state index in [1.54, 1.807) is 0 Å². The van der Waals surface area contributed by atoms with Gasteiger partial charge in [0.2, 0.25) is 5.91 Å². The Morgan fingerprint density at radius 3 is 2.47 bits per heavy atom. The molecule has 5 nitrogen and oxygen atoms in total. The molecular formula is C12H22N2O3. The average Bonchev–Trinajstić information content (AvgIpc) is 3.11. The second-order valence-corrected chi connectivity index (χ2v) is 4.65. The summed E-state index contributed by atoms with van der Waals surface area (Å²) < 4.78 is 4.56. The van der Waals surface area contributed by atoms with Crippen molar-refractivity contribution >= 4 is 11.9 Å². The molecular weight excluding hydrogens is 220 g/mol. The molecule has 1 saturated carbocycles. The summed E-state index contributed by atoms with van der Waals surface area (Å²) in [5.74, 6) is -0.0344. The molecule has 1 fully saturated rings. The number of esters is 1. The fourth-order valence-corrected chi connectivity index (χ4v) is 1.68. The van der Waals surface area contributed by atoms with E-state index in [-0.39, 0.29) is 11.9 Å². The van der Waals surface area contributed by atoms with Crippen LogP contribution in [-0.2, 0) is 14.3 Å². The predicted molar refractivity (Wildman–Crippen MR) is 64.5 cm³/mol. The Morgan fingerprint density at radius 2 is 1.94 bits per heavy atom. The highest BCUT2D eigenvalue weighted by Crippen LogP contribution is 2.25. The smallest absolute Gasteiger partial charge is 0.305 e. The van der Waals surface area contributed by atoms with Crippen LogP contribution < -0.4 is 0 Å². The van der Waals surface area contributed by atoms with Gasteiger partial charge in [0, 0.05) is 19.5 Å². The van der Waals surface area contributed by atoms with Crippen LogP contribution in [0.5, 0.6) is 0 Å². The Balaban J connectivity index is 2.13. The summed E-state index contributed by atoms with van der Waals surface area (Å²) in [6.07, 6.45) is 3.40. The highest BCUT2D eigenvalue weighted by atomic mass is 16.5. The molecule has 1 aliphatic carbocycles. The van der Waals surface area contributed by atoms with Gasteiger partial charge in [-0.2, -0.15) is 0 Å². The van der Waals surface area contributed by atoms with E-state index in [1.165, 1.54) is 7.11 Å². The maximum atomic E-state index is 11.8. The minimum Gasteiger partial charge on any atom is -0.469 e. The lowest BCUT2D eigenvalue weighted by atomic mass is 10.3. The normalized spacial score (nSPS) is 14.8. The van der Waals surface area contributed by atoms with Crippen molar-refractivity contribution in [3.63, 3.8) is 0 Å². The van der Waals surface area contributed by atoms with E-state index in [4.69, 9.17) is 0 Å². The van der Waals surface area contributed by atoms with Crippen molar-refractivity contribution < 1.29 is 14.3 Å². The molecule has 0 aromatic rings. The van der Waals surface area contributed by atoms with Crippen LogP contribution in [-0.4, -0.2) is 62.0 Å². The molecule has 1 aliphatic rings. The molecule has 98 valence electrons.